The van der Waals surface area contributed by atoms with Crippen LogP contribution < -0.4 is 14.8 Å². The van der Waals surface area contributed by atoms with Crippen LogP contribution in [0.4, 0.5) is 0 Å². The molecule has 1 heterocycles. The predicted octanol–water partition coefficient (Wildman–Crippen LogP) is 2.28. The van der Waals surface area contributed by atoms with Gasteiger partial charge in [0.1, 0.15) is 18.1 Å². The Hall–Kier alpha value is -3.00. The average molecular weight is 324 g/mol. The van der Waals surface area contributed by atoms with Gasteiger partial charge in [0.2, 0.25) is 0 Å². The van der Waals surface area contributed by atoms with Crippen LogP contribution in [0.15, 0.2) is 42.6 Å². The van der Waals surface area contributed by atoms with E-state index in [1.807, 2.05) is 50.2 Å². The van der Waals surface area contributed by atoms with Gasteiger partial charge in [-0.1, -0.05) is 29.5 Å². The number of benzene rings is 1. The van der Waals surface area contributed by atoms with E-state index >= 15 is 0 Å². The minimum atomic E-state index is -0.214. The summed E-state index contributed by atoms with van der Waals surface area (Å²) < 4.78 is 10.8. The molecule has 0 fully saturated rings. The van der Waals surface area contributed by atoms with Crippen molar-refractivity contribution in [3.63, 3.8) is 0 Å². The Kier molecular flexibility index (Phi) is 6.66. The molecule has 0 aliphatic heterocycles. The number of rotatable bonds is 6. The van der Waals surface area contributed by atoms with Gasteiger partial charge < -0.3 is 14.8 Å². The largest absolute Gasteiger partial charge is 0.484 e. The lowest BCUT2D eigenvalue weighted by atomic mass is 10.2. The van der Waals surface area contributed by atoms with Crippen molar-refractivity contribution in [2.75, 3.05) is 19.8 Å². The molecule has 1 N–H and O–H groups in total. The number of nitrogens with zero attached hydrogens (tertiary/aromatic N) is 1. The number of hydrogen-bond donors (Lipinski definition) is 1. The van der Waals surface area contributed by atoms with Gasteiger partial charge in [-0.3, -0.25) is 9.78 Å². The number of aryl methyl sites for hydroxylation is 2. The molecule has 0 saturated carbocycles. The SMILES string of the molecule is Cc1ccc(OCC(=O)NCC#CCOc2ccc(C)nc2)cc1. The maximum absolute atomic E-state index is 11.6. The zero-order valence-corrected chi connectivity index (χ0v) is 13.8. The first-order chi connectivity index (χ1) is 11.6. The smallest absolute Gasteiger partial charge is 0.258 e. The number of aromatic nitrogens is 1. The van der Waals surface area contributed by atoms with Crippen molar-refractivity contribution < 1.29 is 14.3 Å². The van der Waals surface area contributed by atoms with Crippen molar-refractivity contribution >= 4 is 5.91 Å². The molecule has 2 aromatic rings. The fourth-order valence-electron chi connectivity index (χ4n) is 1.75. The Morgan fingerprint density at radius 3 is 2.50 bits per heavy atom. The molecule has 0 unspecified atom stereocenters. The van der Waals surface area contributed by atoms with Crippen LogP contribution in [-0.4, -0.2) is 30.6 Å². The van der Waals surface area contributed by atoms with Crippen molar-refractivity contribution in [2.45, 2.75) is 13.8 Å². The first kappa shape index (κ1) is 17.4. The van der Waals surface area contributed by atoms with Gasteiger partial charge in [0.05, 0.1) is 12.7 Å². The summed E-state index contributed by atoms with van der Waals surface area (Å²) in [6.07, 6.45) is 1.65. The van der Waals surface area contributed by atoms with E-state index in [9.17, 15) is 4.79 Å². The van der Waals surface area contributed by atoms with E-state index in [1.54, 1.807) is 6.20 Å². The molecule has 1 amide bonds. The number of amides is 1. The Morgan fingerprint density at radius 2 is 1.79 bits per heavy atom. The molecule has 0 atom stereocenters. The average Bonchev–Trinajstić information content (AvgIpc) is 2.59. The first-order valence-corrected chi connectivity index (χ1v) is 7.61. The predicted molar refractivity (Wildman–Crippen MR) is 91.9 cm³/mol. The number of ether oxygens (including phenoxy) is 2. The van der Waals surface area contributed by atoms with Gasteiger partial charge in [0.15, 0.2) is 6.61 Å². The standard InChI is InChI=1S/C19H20N2O3/c1-15-5-8-17(9-6-15)24-14-19(22)20-11-3-4-12-23-18-10-7-16(2)21-13-18/h5-10,13H,11-12,14H2,1-2H3,(H,20,22). The van der Waals surface area contributed by atoms with Crippen LogP contribution in [0.1, 0.15) is 11.3 Å². The molecule has 24 heavy (non-hydrogen) atoms. The van der Waals surface area contributed by atoms with Crippen LogP contribution in [0.3, 0.4) is 0 Å². The fourth-order valence-corrected chi connectivity index (χ4v) is 1.75. The molecule has 0 aliphatic rings. The molecular formula is C19H20N2O3. The van der Waals surface area contributed by atoms with E-state index < -0.39 is 0 Å². The fraction of sp³-hybridized carbons (Fsp3) is 0.263. The summed E-state index contributed by atoms with van der Waals surface area (Å²) in [5.41, 5.74) is 2.08. The zero-order chi connectivity index (χ0) is 17.2. The highest BCUT2D eigenvalue weighted by Gasteiger charge is 2.00. The van der Waals surface area contributed by atoms with Crippen LogP contribution in [0, 0.1) is 25.7 Å². The molecule has 5 nitrogen and oxygen atoms in total. The third-order valence-electron chi connectivity index (χ3n) is 3.09. The highest BCUT2D eigenvalue weighted by atomic mass is 16.5. The van der Waals surface area contributed by atoms with E-state index in [0.29, 0.717) is 11.5 Å². The summed E-state index contributed by atoms with van der Waals surface area (Å²) in [6, 6.07) is 11.2. The van der Waals surface area contributed by atoms with Crippen LogP contribution in [0.25, 0.3) is 0 Å². The van der Waals surface area contributed by atoms with Gasteiger partial charge >= 0.3 is 0 Å². The molecule has 2 rings (SSSR count). The summed E-state index contributed by atoms with van der Waals surface area (Å²) in [7, 11) is 0. The van der Waals surface area contributed by atoms with Crippen molar-refractivity contribution in [3.8, 4) is 23.3 Å². The van der Waals surface area contributed by atoms with Gasteiger partial charge in [0.25, 0.3) is 5.91 Å². The number of nitrogens with one attached hydrogen (secondary N) is 1. The molecular weight excluding hydrogens is 304 g/mol. The van der Waals surface area contributed by atoms with Crippen molar-refractivity contribution in [2.24, 2.45) is 0 Å². The maximum atomic E-state index is 11.6. The third kappa shape index (κ3) is 6.41. The molecule has 0 spiro atoms. The monoisotopic (exact) mass is 324 g/mol. The third-order valence-corrected chi connectivity index (χ3v) is 3.09. The first-order valence-electron chi connectivity index (χ1n) is 7.61. The molecule has 1 aromatic heterocycles. The molecule has 0 radical (unpaired) electrons. The van der Waals surface area contributed by atoms with Crippen molar-refractivity contribution in [1.29, 1.82) is 0 Å². The summed E-state index contributed by atoms with van der Waals surface area (Å²) in [4.78, 5) is 15.7. The lowest BCUT2D eigenvalue weighted by Crippen LogP contribution is -2.29. The van der Waals surface area contributed by atoms with E-state index in [0.717, 1.165) is 11.3 Å². The molecule has 0 aliphatic carbocycles. The highest BCUT2D eigenvalue weighted by molar-refractivity contribution is 5.77. The normalized spacial score (nSPS) is 9.58. The van der Waals surface area contributed by atoms with Gasteiger partial charge in [-0.15, -0.1) is 0 Å². The van der Waals surface area contributed by atoms with Crippen molar-refractivity contribution in [1.82, 2.24) is 10.3 Å². The van der Waals surface area contributed by atoms with Gasteiger partial charge in [-0.2, -0.15) is 0 Å². The molecule has 124 valence electrons. The second-order valence-electron chi connectivity index (χ2n) is 5.16. The number of pyridine rings is 1. The summed E-state index contributed by atoms with van der Waals surface area (Å²) in [5, 5.41) is 2.66. The quantitative estimate of drug-likeness (QED) is 0.828. The topological polar surface area (TPSA) is 60.5 Å². The lowest BCUT2D eigenvalue weighted by Gasteiger charge is -2.05. The van der Waals surface area contributed by atoms with Crippen LogP contribution in [0.2, 0.25) is 0 Å². The van der Waals surface area contributed by atoms with Crippen LogP contribution >= 0.6 is 0 Å². The number of carbonyl (C=O) groups is 1. The Labute approximate surface area is 142 Å². The Bertz CT molecular complexity index is 713. The molecule has 1 aromatic carbocycles. The van der Waals surface area contributed by atoms with Gasteiger partial charge in [-0.25, -0.2) is 0 Å². The molecule has 0 saturated heterocycles. The van der Waals surface area contributed by atoms with Crippen LogP contribution in [-0.2, 0) is 4.79 Å². The summed E-state index contributed by atoms with van der Waals surface area (Å²) >= 11 is 0. The van der Waals surface area contributed by atoms with Crippen LogP contribution in [0.5, 0.6) is 11.5 Å². The van der Waals surface area contributed by atoms with Gasteiger partial charge in [-0.05, 0) is 38.1 Å². The molecule has 5 heteroatoms. The van der Waals surface area contributed by atoms with Crippen molar-refractivity contribution in [3.05, 3.63) is 53.9 Å². The second kappa shape index (κ2) is 9.21. The highest BCUT2D eigenvalue weighted by Crippen LogP contribution is 2.10. The number of hydrogen-bond acceptors (Lipinski definition) is 4. The minimum Gasteiger partial charge on any atom is -0.484 e. The molecule has 0 bridgehead atoms. The summed E-state index contributed by atoms with van der Waals surface area (Å²) in [5.74, 6) is 6.77. The van der Waals surface area contributed by atoms with Gasteiger partial charge in [0, 0.05) is 5.69 Å². The van der Waals surface area contributed by atoms with E-state index in [1.165, 1.54) is 0 Å². The Balaban J connectivity index is 1.60. The second-order valence-corrected chi connectivity index (χ2v) is 5.16. The van der Waals surface area contributed by atoms with E-state index in [2.05, 4.69) is 22.1 Å². The zero-order valence-electron chi connectivity index (χ0n) is 13.8. The van der Waals surface area contributed by atoms with E-state index in [4.69, 9.17) is 9.47 Å². The minimum absolute atomic E-state index is 0.0315. The number of carbonyl (C=O) groups excluding carboxylic acids is 1. The summed E-state index contributed by atoms with van der Waals surface area (Å²) in [6.45, 7) is 4.38. The Morgan fingerprint density at radius 1 is 1.04 bits per heavy atom. The maximum Gasteiger partial charge on any atom is 0.258 e. The van der Waals surface area contributed by atoms with E-state index in [-0.39, 0.29) is 25.7 Å². The lowest BCUT2D eigenvalue weighted by molar-refractivity contribution is -0.122.